The highest BCUT2D eigenvalue weighted by Crippen LogP contribution is 2.37. The van der Waals surface area contributed by atoms with Gasteiger partial charge in [-0.15, -0.1) is 0 Å². The van der Waals surface area contributed by atoms with Gasteiger partial charge in [-0.05, 0) is 43.9 Å². The number of hydrogen-bond acceptors (Lipinski definition) is 1. The Hall–Kier alpha value is -0.0400. The van der Waals surface area contributed by atoms with Crippen molar-refractivity contribution in [1.82, 2.24) is 0 Å². The van der Waals surface area contributed by atoms with Crippen LogP contribution >= 0.6 is 0 Å². The standard InChI is InChI=1S/C11H22O/c1-4-11(12)7-5-10(6-8-11)9(2)3/h9-10,12H,4-8H2,1-3H3/t10-,11+. The summed E-state index contributed by atoms with van der Waals surface area (Å²) in [7, 11) is 0. The third-order valence-corrected chi connectivity index (χ3v) is 3.56. The van der Waals surface area contributed by atoms with Crippen molar-refractivity contribution >= 4 is 0 Å². The Morgan fingerprint density at radius 1 is 1.33 bits per heavy atom. The van der Waals surface area contributed by atoms with Crippen molar-refractivity contribution in [1.29, 1.82) is 0 Å². The van der Waals surface area contributed by atoms with Crippen LogP contribution in [-0.4, -0.2) is 10.7 Å². The van der Waals surface area contributed by atoms with Gasteiger partial charge in [0.2, 0.25) is 0 Å². The van der Waals surface area contributed by atoms with Crippen LogP contribution in [0.5, 0.6) is 0 Å². The van der Waals surface area contributed by atoms with Crippen molar-refractivity contribution in [2.24, 2.45) is 11.8 Å². The fourth-order valence-corrected chi connectivity index (χ4v) is 2.20. The molecule has 0 atom stereocenters. The summed E-state index contributed by atoms with van der Waals surface area (Å²) in [5, 5.41) is 9.98. The lowest BCUT2D eigenvalue weighted by Gasteiger charge is -2.36. The third kappa shape index (κ3) is 2.22. The van der Waals surface area contributed by atoms with Crippen molar-refractivity contribution in [3.05, 3.63) is 0 Å². The minimum Gasteiger partial charge on any atom is -0.390 e. The smallest absolute Gasteiger partial charge is 0.0645 e. The normalized spacial score (nSPS) is 37.2. The van der Waals surface area contributed by atoms with Crippen LogP contribution in [0.1, 0.15) is 52.9 Å². The lowest BCUT2D eigenvalue weighted by molar-refractivity contribution is -0.0180. The van der Waals surface area contributed by atoms with Crippen molar-refractivity contribution in [2.45, 2.75) is 58.5 Å². The molecule has 0 saturated heterocycles. The summed E-state index contributed by atoms with van der Waals surface area (Å²) in [6.07, 6.45) is 5.42. The van der Waals surface area contributed by atoms with Gasteiger partial charge in [-0.3, -0.25) is 0 Å². The maximum atomic E-state index is 9.98. The first-order valence-electron chi connectivity index (χ1n) is 5.30. The van der Waals surface area contributed by atoms with Gasteiger partial charge in [0.1, 0.15) is 0 Å². The minimum atomic E-state index is -0.314. The highest BCUT2D eigenvalue weighted by Gasteiger charge is 2.32. The van der Waals surface area contributed by atoms with Crippen LogP contribution in [-0.2, 0) is 0 Å². The highest BCUT2D eigenvalue weighted by atomic mass is 16.3. The molecule has 0 unspecified atom stereocenters. The summed E-state index contributed by atoms with van der Waals surface area (Å²) in [6.45, 7) is 6.68. The molecule has 0 amide bonds. The third-order valence-electron chi connectivity index (χ3n) is 3.56. The van der Waals surface area contributed by atoms with Crippen LogP contribution in [0.4, 0.5) is 0 Å². The van der Waals surface area contributed by atoms with Gasteiger partial charge in [0.25, 0.3) is 0 Å². The van der Waals surface area contributed by atoms with Crippen molar-refractivity contribution in [3.8, 4) is 0 Å². The zero-order chi connectivity index (χ0) is 9.19. The van der Waals surface area contributed by atoms with E-state index in [1.165, 1.54) is 12.8 Å². The van der Waals surface area contributed by atoms with E-state index in [2.05, 4.69) is 20.8 Å². The molecule has 1 saturated carbocycles. The molecule has 0 radical (unpaired) electrons. The van der Waals surface area contributed by atoms with Gasteiger partial charge in [0, 0.05) is 0 Å². The summed E-state index contributed by atoms with van der Waals surface area (Å²) < 4.78 is 0. The topological polar surface area (TPSA) is 20.2 Å². The largest absolute Gasteiger partial charge is 0.390 e. The molecule has 0 aromatic carbocycles. The van der Waals surface area contributed by atoms with E-state index in [9.17, 15) is 5.11 Å². The van der Waals surface area contributed by atoms with E-state index >= 15 is 0 Å². The van der Waals surface area contributed by atoms with Crippen LogP contribution in [0.3, 0.4) is 0 Å². The molecule has 1 aliphatic carbocycles. The molecule has 1 N–H and O–H groups in total. The molecule has 1 fully saturated rings. The van der Waals surface area contributed by atoms with Crippen LogP contribution in [0, 0.1) is 11.8 Å². The first kappa shape index (κ1) is 10.0. The average molecular weight is 170 g/mol. The van der Waals surface area contributed by atoms with Gasteiger partial charge >= 0.3 is 0 Å². The fourth-order valence-electron chi connectivity index (χ4n) is 2.20. The molecule has 72 valence electrons. The van der Waals surface area contributed by atoms with Gasteiger partial charge in [0.05, 0.1) is 5.60 Å². The number of aliphatic hydroxyl groups is 1. The lowest BCUT2D eigenvalue weighted by Crippen LogP contribution is -2.34. The maximum Gasteiger partial charge on any atom is 0.0645 e. The minimum absolute atomic E-state index is 0.314. The van der Waals surface area contributed by atoms with E-state index in [-0.39, 0.29) is 5.60 Å². The van der Waals surface area contributed by atoms with Gasteiger partial charge in [0.15, 0.2) is 0 Å². The monoisotopic (exact) mass is 170 g/mol. The molecule has 0 aromatic rings. The second-order valence-corrected chi connectivity index (χ2v) is 4.66. The van der Waals surface area contributed by atoms with Crippen LogP contribution < -0.4 is 0 Å². The maximum absolute atomic E-state index is 9.98. The number of hydrogen-bond donors (Lipinski definition) is 1. The molecule has 0 aliphatic heterocycles. The van der Waals surface area contributed by atoms with Crippen LogP contribution in [0.25, 0.3) is 0 Å². The highest BCUT2D eigenvalue weighted by molar-refractivity contribution is 4.84. The van der Waals surface area contributed by atoms with Gasteiger partial charge in [-0.1, -0.05) is 20.8 Å². The molecular formula is C11H22O. The van der Waals surface area contributed by atoms with E-state index in [0.717, 1.165) is 31.1 Å². The summed E-state index contributed by atoms with van der Waals surface area (Å²) in [5.41, 5.74) is -0.314. The van der Waals surface area contributed by atoms with Crippen LogP contribution in [0.15, 0.2) is 0 Å². The Balaban J connectivity index is 2.39. The molecule has 0 bridgehead atoms. The van der Waals surface area contributed by atoms with E-state index < -0.39 is 0 Å². The number of rotatable bonds is 2. The van der Waals surface area contributed by atoms with Gasteiger partial charge < -0.3 is 5.11 Å². The summed E-state index contributed by atoms with van der Waals surface area (Å²) in [5.74, 6) is 1.66. The Morgan fingerprint density at radius 2 is 1.83 bits per heavy atom. The van der Waals surface area contributed by atoms with E-state index in [1.54, 1.807) is 0 Å². The SMILES string of the molecule is CC[C@]1(O)CC[C@@H](C(C)C)CC1. The lowest BCUT2D eigenvalue weighted by atomic mass is 9.74. The average Bonchev–Trinajstić information content (AvgIpc) is 2.05. The second kappa shape index (κ2) is 3.78. The van der Waals surface area contributed by atoms with Gasteiger partial charge in [-0.2, -0.15) is 0 Å². The summed E-state index contributed by atoms with van der Waals surface area (Å²) >= 11 is 0. The van der Waals surface area contributed by atoms with Crippen molar-refractivity contribution in [2.75, 3.05) is 0 Å². The molecule has 0 heterocycles. The Morgan fingerprint density at radius 3 is 2.17 bits per heavy atom. The second-order valence-electron chi connectivity index (χ2n) is 4.66. The molecule has 0 aromatic heterocycles. The zero-order valence-electron chi connectivity index (χ0n) is 8.64. The zero-order valence-corrected chi connectivity index (χ0v) is 8.64. The predicted molar refractivity (Wildman–Crippen MR) is 52.0 cm³/mol. The Bertz CT molecular complexity index is 132. The van der Waals surface area contributed by atoms with Gasteiger partial charge in [-0.25, -0.2) is 0 Å². The molecule has 0 spiro atoms. The Kier molecular flexibility index (Phi) is 3.16. The summed E-state index contributed by atoms with van der Waals surface area (Å²) in [4.78, 5) is 0. The van der Waals surface area contributed by atoms with Crippen LogP contribution in [0.2, 0.25) is 0 Å². The fraction of sp³-hybridized carbons (Fsp3) is 1.00. The van der Waals surface area contributed by atoms with Crippen molar-refractivity contribution < 1.29 is 5.11 Å². The van der Waals surface area contributed by atoms with E-state index in [4.69, 9.17) is 0 Å². The summed E-state index contributed by atoms with van der Waals surface area (Å²) in [6, 6.07) is 0. The van der Waals surface area contributed by atoms with Crippen molar-refractivity contribution in [3.63, 3.8) is 0 Å². The molecule has 1 aliphatic rings. The van der Waals surface area contributed by atoms with E-state index in [1.807, 2.05) is 0 Å². The first-order valence-corrected chi connectivity index (χ1v) is 5.30. The Labute approximate surface area is 76.2 Å². The molecular weight excluding hydrogens is 148 g/mol. The molecule has 1 rings (SSSR count). The quantitative estimate of drug-likeness (QED) is 0.675. The van der Waals surface area contributed by atoms with E-state index in [0.29, 0.717) is 0 Å². The molecule has 12 heavy (non-hydrogen) atoms. The molecule has 1 nitrogen and oxygen atoms in total. The first-order chi connectivity index (χ1) is 5.57. The predicted octanol–water partition coefficient (Wildman–Crippen LogP) is 2.97. The molecule has 1 heteroatoms.